The zero-order valence-corrected chi connectivity index (χ0v) is 9.52. The first kappa shape index (κ1) is 12.7. The maximum Gasteiger partial charge on any atom is 0.241 e. The van der Waals surface area contributed by atoms with E-state index in [1.807, 2.05) is 0 Å². The molecule has 16 heavy (non-hydrogen) atoms. The molecule has 0 aromatic carbocycles. The number of aryl methyl sites for hydroxylation is 1. The van der Waals surface area contributed by atoms with Crippen LogP contribution in [0.5, 0.6) is 0 Å². The number of carbonyl (C=O) groups excluding carboxylic acids is 1. The fourth-order valence-corrected chi connectivity index (χ4v) is 1.34. The number of nitrogens with two attached hydrogens (primary N) is 2. The van der Waals surface area contributed by atoms with E-state index >= 15 is 0 Å². The van der Waals surface area contributed by atoms with Gasteiger partial charge in [-0.25, -0.2) is 0 Å². The predicted octanol–water partition coefficient (Wildman–Crippen LogP) is -0.725. The minimum atomic E-state index is -0.647. The molecular formula is C10H19N5O. The van der Waals surface area contributed by atoms with E-state index in [9.17, 15) is 4.79 Å². The maximum atomic E-state index is 11.6. The van der Waals surface area contributed by atoms with Gasteiger partial charge in [0.1, 0.15) is 6.04 Å². The summed E-state index contributed by atoms with van der Waals surface area (Å²) in [5.74, 6) is -0.176. The average Bonchev–Trinajstić information content (AvgIpc) is 2.70. The highest BCUT2D eigenvalue weighted by Gasteiger charge is 2.16. The van der Waals surface area contributed by atoms with Crippen LogP contribution in [0.25, 0.3) is 0 Å². The molecule has 0 bridgehead atoms. The normalized spacial score (nSPS) is 12.4. The highest BCUT2D eigenvalue weighted by Crippen LogP contribution is 2.07. The number of hydrogen-bond donors (Lipinski definition) is 3. The van der Waals surface area contributed by atoms with Crippen LogP contribution in [0.3, 0.4) is 0 Å². The molecule has 1 rings (SSSR count). The minimum absolute atomic E-state index is 0.176. The molecule has 0 aliphatic carbocycles. The van der Waals surface area contributed by atoms with Gasteiger partial charge in [0.05, 0.1) is 6.20 Å². The lowest BCUT2D eigenvalue weighted by molar-refractivity contribution is -0.122. The molecule has 90 valence electrons. The van der Waals surface area contributed by atoms with Crippen LogP contribution in [-0.2, 0) is 11.8 Å². The van der Waals surface area contributed by atoms with Crippen molar-refractivity contribution in [2.24, 2.45) is 18.5 Å². The summed E-state index contributed by atoms with van der Waals surface area (Å²) in [6.07, 6.45) is 5.12. The molecule has 6 nitrogen and oxygen atoms in total. The Morgan fingerprint density at radius 2 is 2.38 bits per heavy atom. The van der Waals surface area contributed by atoms with Crippen LogP contribution >= 0.6 is 0 Å². The van der Waals surface area contributed by atoms with Crippen molar-refractivity contribution in [2.75, 3.05) is 13.1 Å². The van der Waals surface area contributed by atoms with E-state index in [1.165, 1.54) is 0 Å². The molecular weight excluding hydrogens is 206 g/mol. The SMILES string of the molecule is Cn1cc(C(N)C(=O)NCCCCN)cn1. The number of nitrogens with one attached hydrogen (secondary N) is 1. The summed E-state index contributed by atoms with van der Waals surface area (Å²) >= 11 is 0. The molecule has 5 N–H and O–H groups in total. The highest BCUT2D eigenvalue weighted by molar-refractivity contribution is 5.82. The second-order valence-electron chi connectivity index (χ2n) is 3.71. The van der Waals surface area contributed by atoms with Crippen molar-refractivity contribution in [3.63, 3.8) is 0 Å². The Morgan fingerprint density at radius 3 is 2.94 bits per heavy atom. The van der Waals surface area contributed by atoms with Crippen molar-refractivity contribution < 1.29 is 4.79 Å². The van der Waals surface area contributed by atoms with Crippen LogP contribution in [-0.4, -0.2) is 28.8 Å². The monoisotopic (exact) mass is 225 g/mol. The first-order chi connectivity index (χ1) is 7.65. The van der Waals surface area contributed by atoms with E-state index in [-0.39, 0.29) is 5.91 Å². The molecule has 1 amide bonds. The first-order valence-electron chi connectivity index (χ1n) is 5.37. The van der Waals surface area contributed by atoms with Crippen molar-refractivity contribution in [1.29, 1.82) is 0 Å². The van der Waals surface area contributed by atoms with Crippen LogP contribution in [0.1, 0.15) is 24.4 Å². The van der Waals surface area contributed by atoms with E-state index in [0.29, 0.717) is 13.1 Å². The Balaban J connectivity index is 2.36. The zero-order valence-electron chi connectivity index (χ0n) is 9.52. The lowest BCUT2D eigenvalue weighted by Crippen LogP contribution is -2.34. The third kappa shape index (κ3) is 3.63. The van der Waals surface area contributed by atoms with E-state index in [0.717, 1.165) is 18.4 Å². The molecule has 0 aliphatic rings. The Kier molecular flexibility index (Phi) is 4.94. The predicted molar refractivity (Wildman–Crippen MR) is 61.4 cm³/mol. The number of unbranched alkanes of at least 4 members (excludes halogenated alkanes) is 1. The van der Waals surface area contributed by atoms with Gasteiger partial charge < -0.3 is 16.8 Å². The fourth-order valence-electron chi connectivity index (χ4n) is 1.34. The molecule has 6 heteroatoms. The summed E-state index contributed by atoms with van der Waals surface area (Å²) < 4.78 is 1.62. The molecule has 0 saturated heterocycles. The number of hydrogen-bond acceptors (Lipinski definition) is 4. The molecule has 0 aliphatic heterocycles. The molecule has 1 atom stereocenters. The molecule has 0 fully saturated rings. The van der Waals surface area contributed by atoms with Gasteiger partial charge in [-0.3, -0.25) is 9.48 Å². The van der Waals surface area contributed by atoms with E-state index in [4.69, 9.17) is 11.5 Å². The van der Waals surface area contributed by atoms with Gasteiger partial charge in [0, 0.05) is 25.4 Å². The van der Waals surface area contributed by atoms with Crippen molar-refractivity contribution >= 4 is 5.91 Å². The number of amides is 1. The van der Waals surface area contributed by atoms with Crippen molar-refractivity contribution in [3.8, 4) is 0 Å². The second kappa shape index (κ2) is 6.24. The molecule has 1 heterocycles. The summed E-state index contributed by atoms with van der Waals surface area (Å²) in [6.45, 7) is 1.26. The van der Waals surface area contributed by atoms with Gasteiger partial charge in [0.25, 0.3) is 0 Å². The number of aromatic nitrogens is 2. The summed E-state index contributed by atoms with van der Waals surface area (Å²) in [7, 11) is 1.79. The quantitative estimate of drug-likeness (QED) is 0.556. The lowest BCUT2D eigenvalue weighted by atomic mass is 10.1. The Labute approximate surface area is 95.0 Å². The highest BCUT2D eigenvalue weighted by atomic mass is 16.2. The third-order valence-corrected chi connectivity index (χ3v) is 2.30. The molecule has 0 spiro atoms. The molecule has 1 unspecified atom stereocenters. The Bertz CT molecular complexity index is 336. The third-order valence-electron chi connectivity index (χ3n) is 2.30. The van der Waals surface area contributed by atoms with Gasteiger partial charge >= 0.3 is 0 Å². The average molecular weight is 225 g/mol. The van der Waals surface area contributed by atoms with Gasteiger partial charge in [-0.2, -0.15) is 5.10 Å². The molecule has 1 aromatic rings. The zero-order chi connectivity index (χ0) is 12.0. The minimum Gasteiger partial charge on any atom is -0.354 e. The first-order valence-corrected chi connectivity index (χ1v) is 5.37. The standard InChI is InChI=1S/C10H19N5O/c1-15-7-8(6-14-15)9(12)10(16)13-5-3-2-4-11/h6-7,9H,2-5,11-12H2,1H3,(H,13,16). The smallest absolute Gasteiger partial charge is 0.241 e. The van der Waals surface area contributed by atoms with Crippen LogP contribution in [0, 0.1) is 0 Å². The van der Waals surface area contributed by atoms with Crippen molar-refractivity contribution in [1.82, 2.24) is 15.1 Å². The summed E-state index contributed by atoms with van der Waals surface area (Å²) in [5, 5.41) is 6.74. The van der Waals surface area contributed by atoms with Crippen molar-refractivity contribution in [3.05, 3.63) is 18.0 Å². The largest absolute Gasteiger partial charge is 0.354 e. The van der Waals surface area contributed by atoms with Gasteiger partial charge in [-0.1, -0.05) is 0 Å². The van der Waals surface area contributed by atoms with Gasteiger partial charge in [0.15, 0.2) is 0 Å². The van der Waals surface area contributed by atoms with Gasteiger partial charge in [0.2, 0.25) is 5.91 Å². The fraction of sp³-hybridized carbons (Fsp3) is 0.600. The number of rotatable bonds is 6. The van der Waals surface area contributed by atoms with Crippen LogP contribution in [0.2, 0.25) is 0 Å². The number of nitrogens with zero attached hydrogens (tertiary/aromatic N) is 2. The van der Waals surface area contributed by atoms with Crippen LogP contribution < -0.4 is 16.8 Å². The molecule has 0 radical (unpaired) electrons. The lowest BCUT2D eigenvalue weighted by Gasteiger charge is -2.10. The molecule has 0 saturated carbocycles. The summed E-state index contributed by atoms with van der Waals surface area (Å²) in [5.41, 5.74) is 11.8. The second-order valence-corrected chi connectivity index (χ2v) is 3.71. The van der Waals surface area contributed by atoms with Gasteiger partial charge in [-0.05, 0) is 19.4 Å². The summed E-state index contributed by atoms with van der Waals surface area (Å²) in [6, 6.07) is -0.647. The van der Waals surface area contributed by atoms with Crippen LogP contribution in [0.15, 0.2) is 12.4 Å². The van der Waals surface area contributed by atoms with E-state index < -0.39 is 6.04 Å². The van der Waals surface area contributed by atoms with Gasteiger partial charge in [-0.15, -0.1) is 0 Å². The van der Waals surface area contributed by atoms with Crippen LogP contribution in [0.4, 0.5) is 0 Å². The van der Waals surface area contributed by atoms with E-state index in [1.54, 1.807) is 24.1 Å². The van der Waals surface area contributed by atoms with Crippen molar-refractivity contribution in [2.45, 2.75) is 18.9 Å². The molecule has 1 aromatic heterocycles. The summed E-state index contributed by atoms with van der Waals surface area (Å²) in [4.78, 5) is 11.6. The Morgan fingerprint density at radius 1 is 1.62 bits per heavy atom. The van der Waals surface area contributed by atoms with E-state index in [2.05, 4.69) is 10.4 Å². The topological polar surface area (TPSA) is 99.0 Å². The maximum absolute atomic E-state index is 11.6. The Hall–Kier alpha value is -1.40. The number of carbonyl (C=O) groups is 1.